The summed E-state index contributed by atoms with van der Waals surface area (Å²) in [5, 5.41) is 1.11. The average molecular weight is 245 g/mol. The SMILES string of the molecule is CC1(CN)CCN(c2ncnc3[nH]ccc23)CC1. The molecular weight excluding hydrogens is 226 g/mol. The zero-order chi connectivity index (χ0) is 12.6. The van der Waals surface area contributed by atoms with Gasteiger partial charge in [-0.2, -0.15) is 0 Å². The van der Waals surface area contributed by atoms with Gasteiger partial charge in [-0.05, 0) is 30.9 Å². The number of piperidine rings is 1. The van der Waals surface area contributed by atoms with Crippen LogP contribution in [0.4, 0.5) is 5.82 Å². The number of anilines is 1. The van der Waals surface area contributed by atoms with Gasteiger partial charge in [-0.1, -0.05) is 6.92 Å². The molecule has 0 aliphatic carbocycles. The van der Waals surface area contributed by atoms with Gasteiger partial charge in [0.2, 0.25) is 0 Å². The number of hydrogen-bond acceptors (Lipinski definition) is 4. The van der Waals surface area contributed by atoms with Gasteiger partial charge >= 0.3 is 0 Å². The maximum absolute atomic E-state index is 5.85. The zero-order valence-electron chi connectivity index (χ0n) is 10.7. The van der Waals surface area contributed by atoms with Crippen LogP contribution in [0.25, 0.3) is 11.0 Å². The number of nitrogens with zero attached hydrogens (tertiary/aromatic N) is 3. The third-order valence-electron chi connectivity index (χ3n) is 4.10. The Kier molecular flexibility index (Phi) is 2.70. The summed E-state index contributed by atoms with van der Waals surface area (Å²) in [5.41, 5.74) is 7.05. The second-order valence-corrected chi connectivity index (χ2v) is 5.44. The van der Waals surface area contributed by atoms with Gasteiger partial charge in [-0.15, -0.1) is 0 Å². The van der Waals surface area contributed by atoms with E-state index in [1.807, 2.05) is 12.3 Å². The highest BCUT2D eigenvalue weighted by Crippen LogP contribution is 2.33. The molecule has 0 amide bonds. The molecule has 5 nitrogen and oxygen atoms in total. The van der Waals surface area contributed by atoms with Gasteiger partial charge in [0.1, 0.15) is 17.8 Å². The molecule has 0 saturated carbocycles. The molecule has 96 valence electrons. The Bertz CT molecular complexity index is 539. The number of H-pyrrole nitrogens is 1. The predicted octanol–water partition coefficient (Wildman–Crippen LogP) is 1.52. The molecule has 0 bridgehead atoms. The topological polar surface area (TPSA) is 70.8 Å². The van der Waals surface area contributed by atoms with Crippen molar-refractivity contribution in [1.82, 2.24) is 15.0 Å². The van der Waals surface area contributed by atoms with Crippen molar-refractivity contribution >= 4 is 16.9 Å². The van der Waals surface area contributed by atoms with Crippen LogP contribution in [0, 0.1) is 5.41 Å². The minimum absolute atomic E-state index is 0.292. The van der Waals surface area contributed by atoms with Crippen LogP contribution in [-0.4, -0.2) is 34.6 Å². The first kappa shape index (κ1) is 11.5. The van der Waals surface area contributed by atoms with Crippen LogP contribution in [0.15, 0.2) is 18.6 Å². The Hall–Kier alpha value is -1.62. The van der Waals surface area contributed by atoms with E-state index in [0.717, 1.165) is 49.3 Å². The van der Waals surface area contributed by atoms with E-state index < -0.39 is 0 Å². The molecule has 0 aromatic carbocycles. The highest BCUT2D eigenvalue weighted by molar-refractivity contribution is 5.87. The fourth-order valence-corrected chi connectivity index (χ4v) is 2.57. The average Bonchev–Trinajstić information content (AvgIpc) is 2.88. The van der Waals surface area contributed by atoms with Gasteiger partial charge in [0.05, 0.1) is 5.39 Å². The van der Waals surface area contributed by atoms with Gasteiger partial charge < -0.3 is 15.6 Å². The van der Waals surface area contributed by atoms with E-state index in [1.165, 1.54) is 0 Å². The monoisotopic (exact) mass is 245 g/mol. The summed E-state index contributed by atoms with van der Waals surface area (Å²) in [4.78, 5) is 14.1. The van der Waals surface area contributed by atoms with Crippen LogP contribution < -0.4 is 10.6 Å². The highest BCUT2D eigenvalue weighted by atomic mass is 15.2. The molecule has 2 aromatic rings. The Balaban J connectivity index is 1.86. The largest absolute Gasteiger partial charge is 0.356 e. The first-order chi connectivity index (χ1) is 8.72. The third kappa shape index (κ3) is 1.84. The van der Waals surface area contributed by atoms with E-state index in [1.54, 1.807) is 6.33 Å². The standard InChI is InChI=1S/C13H19N5/c1-13(8-14)3-6-18(7-4-13)12-10-2-5-15-11(10)16-9-17-12/h2,5,9H,3-4,6-8,14H2,1H3,(H,15,16,17). The van der Waals surface area contributed by atoms with E-state index in [2.05, 4.69) is 26.8 Å². The molecule has 1 fully saturated rings. The van der Waals surface area contributed by atoms with Crippen molar-refractivity contribution in [2.75, 3.05) is 24.5 Å². The minimum atomic E-state index is 0.292. The van der Waals surface area contributed by atoms with Crippen LogP contribution in [-0.2, 0) is 0 Å². The minimum Gasteiger partial charge on any atom is -0.356 e. The van der Waals surface area contributed by atoms with Crippen LogP contribution in [0.3, 0.4) is 0 Å². The molecule has 3 N–H and O–H groups in total. The Morgan fingerprint density at radius 2 is 2.17 bits per heavy atom. The molecule has 1 aliphatic rings. The van der Waals surface area contributed by atoms with Crippen molar-refractivity contribution < 1.29 is 0 Å². The van der Waals surface area contributed by atoms with E-state index >= 15 is 0 Å². The lowest BCUT2D eigenvalue weighted by atomic mass is 9.80. The molecule has 1 saturated heterocycles. The summed E-state index contributed by atoms with van der Waals surface area (Å²) in [6.07, 6.45) is 5.79. The molecule has 0 unspecified atom stereocenters. The number of hydrogen-bond donors (Lipinski definition) is 2. The quantitative estimate of drug-likeness (QED) is 0.841. The van der Waals surface area contributed by atoms with Gasteiger partial charge in [-0.25, -0.2) is 9.97 Å². The molecule has 5 heteroatoms. The molecule has 3 heterocycles. The molecule has 3 rings (SSSR count). The normalized spacial score (nSPS) is 19.3. The zero-order valence-corrected chi connectivity index (χ0v) is 10.7. The molecule has 0 spiro atoms. The molecule has 18 heavy (non-hydrogen) atoms. The summed E-state index contributed by atoms with van der Waals surface area (Å²) >= 11 is 0. The van der Waals surface area contributed by atoms with E-state index in [0.29, 0.717) is 5.41 Å². The first-order valence-corrected chi connectivity index (χ1v) is 6.45. The Labute approximate surface area is 106 Å². The van der Waals surface area contributed by atoms with E-state index in [9.17, 15) is 0 Å². The fourth-order valence-electron chi connectivity index (χ4n) is 2.57. The van der Waals surface area contributed by atoms with Gasteiger partial charge in [-0.3, -0.25) is 0 Å². The van der Waals surface area contributed by atoms with Crippen LogP contribution in [0.2, 0.25) is 0 Å². The fraction of sp³-hybridized carbons (Fsp3) is 0.538. The number of aromatic amines is 1. The molecule has 0 radical (unpaired) electrons. The second kappa shape index (κ2) is 4.24. The number of aromatic nitrogens is 3. The third-order valence-corrected chi connectivity index (χ3v) is 4.10. The van der Waals surface area contributed by atoms with E-state index in [4.69, 9.17) is 5.73 Å². The molecule has 1 aliphatic heterocycles. The van der Waals surface area contributed by atoms with Gasteiger partial charge in [0.25, 0.3) is 0 Å². The van der Waals surface area contributed by atoms with Crippen molar-refractivity contribution in [2.45, 2.75) is 19.8 Å². The summed E-state index contributed by atoms with van der Waals surface area (Å²) < 4.78 is 0. The van der Waals surface area contributed by atoms with Crippen molar-refractivity contribution in [2.24, 2.45) is 11.1 Å². The van der Waals surface area contributed by atoms with Crippen LogP contribution in [0.5, 0.6) is 0 Å². The maximum Gasteiger partial charge on any atom is 0.142 e. The van der Waals surface area contributed by atoms with Crippen molar-refractivity contribution in [3.8, 4) is 0 Å². The van der Waals surface area contributed by atoms with Crippen LogP contribution in [0.1, 0.15) is 19.8 Å². The van der Waals surface area contributed by atoms with E-state index in [-0.39, 0.29) is 0 Å². The Morgan fingerprint density at radius 3 is 2.89 bits per heavy atom. The smallest absolute Gasteiger partial charge is 0.142 e. The van der Waals surface area contributed by atoms with Crippen molar-refractivity contribution in [3.63, 3.8) is 0 Å². The van der Waals surface area contributed by atoms with Crippen molar-refractivity contribution in [1.29, 1.82) is 0 Å². The number of fused-ring (bicyclic) bond motifs is 1. The number of rotatable bonds is 2. The Morgan fingerprint density at radius 1 is 1.39 bits per heavy atom. The number of nitrogens with one attached hydrogen (secondary N) is 1. The highest BCUT2D eigenvalue weighted by Gasteiger charge is 2.29. The predicted molar refractivity (Wildman–Crippen MR) is 72.5 cm³/mol. The van der Waals surface area contributed by atoms with Gasteiger partial charge in [0.15, 0.2) is 0 Å². The summed E-state index contributed by atoms with van der Waals surface area (Å²) in [6, 6.07) is 2.04. The van der Waals surface area contributed by atoms with Crippen molar-refractivity contribution in [3.05, 3.63) is 18.6 Å². The second-order valence-electron chi connectivity index (χ2n) is 5.44. The lowest BCUT2D eigenvalue weighted by molar-refractivity contribution is 0.258. The van der Waals surface area contributed by atoms with Crippen LogP contribution >= 0.6 is 0 Å². The molecule has 2 aromatic heterocycles. The first-order valence-electron chi connectivity index (χ1n) is 6.45. The lowest BCUT2D eigenvalue weighted by Crippen LogP contribution is -2.42. The van der Waals surface area contributed by atoms with Gasteiger partial charge in [0, 0.05) is 19.3 Å². The molecule has 0 atom stereocenters. The maximum atomic E-state index is 5.85. The summed E-state index contributed by atoms with van der Waals surface area (Å²) in [5.74, 6) is 1.04. The summed E-state index contributed by atoms with van der Waals surface area (Å²) in [7, 11) is 0. The lowest BCUT2D eigenvalue weighted by Gasteiger charge is -2.39. The number of nitrogens with two attached hydrogens (primary N) is 1. The summed E-state index contributed by atoms with van der Waals surface area (Å²) in [6.45, 7) is 5.08. The molecular formula is C13H19N5.